The van der Waals surface area contributed by atoms with Crippen LogP contribution in [0.2, 0.25) is 5.02 Å². The number of methoxy groups -OCH3 is 2. The molecule has 1 aromatic heterocycles. The molecule has 3 aromatic rings. The van der Waals surface area contributed by atoms with Crippen molar-refractivity contribution in [3.8, 4) is 22.8 Å². The first-order chi connectivity index (χ1) is 15.1. The lowest BCUT2D eigenvalue weighted by molar-refractivity contribution is -0.132. The number of hydrogen-bond donors (Lipinski definition) is 0. The number of ether oxygens (including phenoxy) is 2. The molecule has 1 unspecified atom stereocenters. The molecule has 0 N–H and O–H groups in total. The van der Waals surface area contributed by atoms with Gasteiger partial charge >= 0.3 is 0 Å². The van der Waals surface area contributed by atoms with Crippen molar-refractivity contribution in [2.24, 2.45) is 0 Å². The highest BCUT2D eigenvalue weighted by Crippen LogP contribution is 2.37. The van der Waals surface area contributed by atoms with E-state index in [0.717, 1.165) is 30.5 Å². The summed E-state index contributed by atoms with van der Waals surface area (Å²) in [5, 5.41) is 0.608. The molecule has 2 aromatic carbocycles. The fourth-order valence-electron chi connectivity index (χ4n) is 4.04. The first kappa shape index (κ1) is 21.2. The molecule has 7 heteroatoms. The average molecular weight is 441 g/mol. The highest BCUT2D eigenvalue weighted by Gasteiger charge is 2.30. The lowest BCUT2D eigenvalue weighted by atomic mass is 10.0. The van der Waals surface area contributed by atoms with Gasteiger partial charge in [-0.1, -0.05) is 29.8 Å². The predicted octanol–water partition coefficient (Wildman–Crippen LogP) is 5.31. The molecule has 162 valence electrons. The van der Waals surface area contributed by atoms with Gasteiger partial charge in [-0.25, -0.2) is 4.98 Å². The number of carbonyl (C=O) groups is 1. The Morgan fingerprint density at radius 2 is 2.00 bits per heavy atom. The van der Waals surface area contributed by atoms with Crippen molar-refractivity contribution in [1.29, 1.82) is 0 Å². The number of benzene rings is 2. The maximum atomic E-state index is 13.0. The van der Waals surface area contributed by atoms with Crippen LogP contribution < -0.4 is 9.47 Å². The number of carbonyl (C=O) groups excluding carboxylic acids is 1. The number of rotatable bonds is 7. The van der Waals surface area contributed by atoms with Gasteiger partial charge in [0.1, 0.15) is 0 Å². The quantitative estimate of drug-likeness (QED) is 0.498. The summed E-state index contributed by atoms with van der Waals surface area (Å²) in [5.74, 6) is 2.59. The molecule has 1 aliphatic heterocycles. The van der Waals surface area contributed by atoms with E-state index in [4.69, 9.17) is 25.5 Å². The summed E-state index contributed by atoms with van der Waals surface area (Å²) in [5.41, 5.74) is 1.85. The van der Waals surface area contributed by atoms with Gasteiger partial charge in [-0.3, -0.25) is 4.79 Å². The van der Waals surface area contributed by atoms with Gasteiger partial charge in [0.15, 0.2) is 23.1 Å². The summed E-state index contributed by atoms with van der Waals surface area (Å²) in [6.45, 7) is 0.744. The molecule has 6 nitrogen and oxygen atoms in total. The molecule has 0 aliphatic carbocycles. The van der Waals surface area contributed by atoms with Gasteiger partial charge in [-0.05, 0) is 42.7 Å². The van der Waals surface area contributed by atoms with Crippen molar-refractivity contribution in [1.82, 2.24) is 9.88 Å². The standard InChI is InChI=1S/C24H25ClN2O4/c1-29-20-10-9-16(14-21(20)30-2)19-8-5-13-27(19)24(28)12-11-23-26-15-22(31-23)17-6-3-4-7-18(17)25/h3-4,6-7,9-10,14-15,19H,5,8,11-13H2,1-2H3. The summed E-state index contributed by atoms with van der Waals surface area (Å²) >= 11 is 6.23. The summed E-state index contributed by atoms with van der Waals surface area (Å²) < 4.78 is 16.6. The van der Waals surface area contributed by atoms with E-state index in [-0.39, 0.29) is 11.9 Å². The van der Waals surface area contributed by atoms with E-state index in [1.54, 1.807) is 20.4 Å². The van der Waals surface area contributed by atoms with Gasteiger partial charge in [0.25, 0.3) is 0 Å². The minimum Gasteiger partial charge on any atom is -0.493 e. The lowest BCUT2D eigenvalue weighted by Gasteiger charge is -2.25. The van der Waals surface area contributed by atoms with Crippen LogP contribution in [-0.4, -0.2) is 36.6 Å². The van der Waals surface area contributed by atoms with Crippen molar-refractivity contribution in [3.05, 3.63) is 65.1 Å². The Bertz CT molecular complexity index is 1070. The smallest absolute Gasteiger partial charge is 0.223 e. The zero-order valence-electron chi connectivity index (χ0n) is 17.6. The largest absolute Gasteiger partial charge is 0.493 e. The van der Waals surface area contributed by atoms with Gasteiger partial charge in [0, 0.05) is 24.9 Å². The Balaban J connectivity index is 1.42. The molecule has 1 amide bonds. The summed E-state index contributed by atoms with van der Waals surface area (Å²) in [6, 6.07) is 13.3. The first-order valence-electron chi connectivity index (χ1n) is 10.3. The fourth-order valence-corrected chi connectivity index (χ4v) is 4.27. The third-order valence-electron chi connectivity index (χ3n) is 5.61. The Morgan fingerprint density at radius 3 is 2.77 bits per heavy atom. The molecule has 31 heavy (non-hydrogen) atoms. The molecule has 0 saturated carbocycles. The zero-order valence-corrected chi connectivity index (χ0v) is 18.4. The highest BCUT2D eigenvalue weighted by molar-refractivity contribution is 6.33. The minimum atomic E-state index is 0.0375. The second-order valence-electron chi connectivity index (χ2n) is 7.46. The van der Waals surface area contributed by atoms with Crippen LogP contribution in [0.5, 0.6) is 11.5 Å². The number of nitrogens with zero attached hydrogens (tertiary/aromatic N) is 2. The van der Waals surface area contributed by atoms with E-state index < -0.39 is 0 Å². The third-order valence-corrected chi connectivity index (χ3v) is 5.94. The maximum Gasteiger partial charge on any atom is 0.223 e. The molecular weight excluding hydrogens is 416 g/mol. The van der Waals surface area contributed by atoms with Crippen molar-refractivity contribution < 1.29 is 18.7 Å². The predicted molar refractivity (Wildman–Crippen MR) is 119 cm³/mol. The van der Waals surface area contributed by atoms with Gasteiger partial charge in [0.2, 0.25) is 5.91 Å². The molecule has 1 fully saturated rings. The van der Waals surface area contributed by atoms with Gasteiger partial charge in [0.05, 0.1) is 31.5 Å². The van der Waals surface area contributed by atoms with Gasteiger partial charge in [-0.15, -0.1) is 0 Å². The van der Waals surface area contributed by atoms with Crippen LogP contribution in [0, 0.1) is 0 Å². The highest BCUT2D eigenvalue weighted by atomic mass is 35.5. The van der Waals surface area contributed by atoms with E-state index in [0.29, 0.717) is 41.0 Å². The van der Waals surface area contributed by atoms with Crippen molar-refractivity contribution in [2.45, 2.75) is 31.7 Å². The zero-order chi connectivity index (χ0) is 21.8. The molecule has 1 saturated heterocycles. The van der Waals surface area contributed by atoms with E-state index in [2.05, 4.69) is 4.98 Å². The lowest BCUT2D eigenvalue weighted by Crippen LogP contribution is -2.30. The number of halogens is 1. The van der Waals surface area contributed by atoms with Crippen LogP contribution in [0.4, 0.5) is 0 Å². The van der Waals surface area contributed by atoms with E-state index >= 15 is 0 Å². The molecule has 1 aliphatic rings. The maximum absolute atomic E-state index is 13.0. The molecule has 1 atom stereocenters. The van der Waals surface area contributed by atoms with Crippen LogP contribution in [0.3, 0.4) is 0 Å². The van der Waals surface area contributed by atoms with E-state index in [1.165, 1.54) is 0 Å². The molecule has 0 spiro atoms. The van der Waals surface area contributed by atoms with Crippen LogP contribution in [0.1, 0.15) is 36.8 Å². The topological polar surface area (TPSA) is 64.8 Å². The summed E-state index contributed by atoms with van der Waals surface area (Å²) in [7, 11) is 3.23. The molecule has 0 radical (unpaired) electrons. The minimum absolute atomic E-state index is 0.0375. The van der Waals surface area contributed by atoms with E-state index in [1.807, 2.05) is 47.4 Å². The Morgan fingerprint density at radius 1 is 1.19 bits per heavy atom. The monoisotopic (exact) mass is 440 g/mol. The first-order valence-corrected chi connectivity index (χ1v) is 10.7. The van der Waals surface area contributed by atoms with Crippen molar-refractivity contribution >= 4 is 17.5 Å². The molecule has 2 heterocycles. The van der Waals surface area contributed by atoms with Gasteiger partial charge in [-0.2, -0.15) is 0 Å². The number of hydrogen-bond acceptors (Lipinski definition) is 5. The second-order valence-corrected chi connectivity index (χ2v) is 7.86. The Kier molecular flexibility index (Phi) is 6.47. The van der Waals surface area contributed by atoms with Crippen LogP contribution in [-0.2, 0) is 11.2 Å². The van der Waals surface area contributed by atoms with E-state index in [9.17, 15) is 4.79 Å². The molecule has 0 bridgehead atoms. The molecular formula is C24H25ClN2O4. The average Bonchev–Trinajstić information content (AvgIpc) is 3.47. The van der Waals surface area contributed by atoms with Crippen LogP contribution in [0.25, 0.3) is 11.3 Å². The second kappa shape index (κ2) is 9.43. The van der Waals surface area contributed by atoms with Crippen LogP contribution >= 0.6 is 11.6 Å². The number of aryl methyl sites for hydroxylation is 1. The number of oxazole rings is 1. The normalized spacial score (nSPS) is 15.8. The Labute approximate surface area is 186 Å². The Hall–Kier alpha value is -2.99. The van der Waals surface area contributed by atoms with Gasteiger partial charge < -0.3 is 18.8 Å². The van der Waals surface area contributed by atoms with Crippen molar-refractivity contribution in [2.75, 3.05) is 20.8 Å². The fraction of sp³-hybridized carbons (Fsp3) is 0.333. The summed E-state index contributed by atoms with van der Waals surface area (Å²) in [4.78, 5) is 19.3. The van der Waals surface area contributed by atoms with Crippen molar-refractivity contribution in [3.63, 3.8) is 0 Å². The van der Waals surface area contributed by atoms with Crippen LogP contribution in [0.15, 0.2) is 53.1 Å². The third kappa shape index (κ3) is 4.54. The number of amides is 1. The number of likely N-dealkylation sites (tertiary alicyclic amines) is 1. The summed E-state index contributed by atoms with van der Waals surface area (Å²) in [6.07, 6.45) is 4.34. The SMILES string of the molecule is COc1ccc(C2CCCN2C(=O)CCc2ncc(-c3ccccc3Cl)o2)cc1OC. The number of aromatic nitrogens is 1. The molecule has 4 rings (SSSR count).